The Hall–Kier alpha value is -0.840. The first kappa shape index (κ1) is 13.6. The molecule has 0 aliphatic carbocycles. The number of amides is 1. The largest absolute Gasteiger partial charge is 0.348 e. The second kappa shape index (κ2) is 5.87. The molecule has 2 rings (SSSR count). The van der Waals surface area contributed by atoms with Gasteiger partial charge in [0, 0.05) is 11.0 Å². The zero-order valence-corrected chi connectivity index (χ0v) is 12.8. The van der Waals surface area contributed by atoms with Crippen molar-refractivity contribution in [1.29, 1.82) is 0 Å². The summed E-state index contributed by atoms with van der Waals surface area (Å²) in [5.41, 5.74) is 2.82. The Kier molecular flexibility index (Phi) is 4.43. The second-order valence-electron chi connectivity index (χ2n) is 3.89. The summed E-state index contributed by atoms with van der Waals surface area (Å²) in [7, 11) is 0. The molecule has 1 aromatic carbocycles. The van der Waals surface area contributed by atoms with Crippen molar-refractivity contribution in [1.82, 2.24) is 5.32 Å². The SMILES string of the molecule is Cc1cscc1CNC(=O)c1cc(Br)ccc1Cl. The minimum absolute atomic E-state index is 0.160. The number of carbonyl (C=O) groups is 1. The maximum Gasteiger partial charge on any atom is 0.253 e. The molecular weight excluding hydrogens is 334 g/mol. The molecule has 0 aliphatic rings. The third kappa shape index (κ3) is 3.13. The van der Waals surface area contributed by atoms with Crippen LogP contribution in [0.25, 0.3) is 0 Å². The van der Waals surface area contributed by atoms with Crippen LogP contribution >= 0.6 is 38.9 Å². The highest BCUT2D eigenvalue weighted by atomic mass is 79.9. The van der Waals surface area contributed by atoms with Crippen LogP contribution in [-0.4, -0.2) is 5.91 Å². The van der Waals surface area contributed by atoms with E-state index in [0.717, 1.165) is 10.0 Å². The molecule has 0 unspecified atom stereocenters. The van der Waals surface area contributed by atoms with Crippen molar-refractivity contribution in [2.45, 2.75) is 13.5 Å². The van der Waals surface area contributed by atoms with Crippen LogP contribution in [0, 0.1) is 6.92 Å². The number of rotatable bonds is 3. The zero-order valence-electron chi connectivity index (χ0n) is 9.67. The average molecular weight is 345 g/mol. The number of carbonyl (C=O) groups excluding carboxylic acids is 1. The molecule has 1 amide bonds. The topological polar surface area (TPSA) is 29.1 Å². The van der Waals surface area contributed by atoms with Crippen molar-refractivity contribution < 1.29 is 4.79 Å². The van der Waals surface area contributed by atoms with Gasteiger partial charge >= 0.3 is 0 Å². The van der Waals surface area contributed by atoms with E-state index in [1.165, 1.54) is 5.56 Å². The lowest BCUT2D eigenvalue weighted by molar-refractivity contribution is 0.0951. The molecule has 0 radical (unpaired) electrons. The summed E-state index contributed by atoms with van der Waals surface area (Å²) in [4.78, 5) is 12.0. The lowest BCUT2D eigenvalue weighted by Crippen LogP contribution is -2.23. The third-order valence-electron chi connectivity index (χ3n) is 2.57. The molecule has 1 heterocycles. The van der Waals surface area contributed by atoms with Crippen LogP contribution in [0.1, 0.15) is 21.5 Å². The highest BCUT2D eigenvalue weighted by Gasteiger charge is 2.11. The van der Waals surface area contributed by atoms with Crippen molar-refractivity contribution >= 4 is 44.8 Å². The predicted molar refractivity (Wildman–Crippen MR) is 79.4 cm³/mol. The number of nitrogens with one attached hydrogen (secondary N) is 1. The Morgan fingerprint density at radius 3 is 2.89 bits per heavy atom. The van der Waals surface area contributed by atoms with Gasteiger partial charge in [0.05, 0.1) is 10.6 Å². The van der Waals surface area contributed by atoms with Crippen LogP contribution in [0.3, 0.4) is 0 Å². The summed E-state index contributed by atoms with van der Waals surface area (Å²) < 4.78 is 0.837. The van der Waals surface area contributed by atoms with Gasteiger partial charge < -0.3 is 5.32 Å². The number of halogens is 2. The standard InChI is InChI=1S/C13H11BrClNOS/c1-8-6-18-7-9(8)5-16-13(17)11-4-10(14)2-3-12(11)15/h2-4,6-7H,5H2,1H3,(H,16,17). The van der Waals surface area contributed by atoms with Gasteiger partial charge in [0.2, 0.25) is 0 Å². The summed E-state index contributed by atoms with van der Waals surface area (Å²) in [6.07, 6.45) is 0. The van der Waals surface area contributed by atoms with Crippen molar-refractivity contribution in [2.24, 2.45) is 0 Å². The first-order valence-electron chi connectivity index (χ1n) is 5.33. The average Bonchev–Trinajstić information content (AvgIpc) is 2.75. The molecule has 1 aromatic heterocycles. The first-order chi connectivity index (χ1) is 8.58. The summed E-state index contributed by atoms with van der Waals surface area (Å²) >= 11 is 11.0. The molecule has 94 valence electrons. The molecule has 1 N–H and O–H groups in total. The monoisotopic (exact) mass is 343 g/mol. The normalized spacial score (nSPS) is 10.4. The highest BCUT2D eigenvalue weighted by molar-refractivity contribution is 9.10. The van der Waals surface area contributed by atoms with E-state index in [0.29, 0.717) is 17.1 Å². The van der Waals surface area contributed by atoms with E-state index < -0.39 is 0 Å². The van der Waals surface area contributed by atoms with Crippen LogP contribution in [-0.2, 0) is 6.54 Å². The third-order valence-corrected chi connectivity index (χ3v) is 4.31. The van der Waals surface area contributed by atoms with Gasteiger partial charge in [0.1, 0.15) is 0 Å². The van der Waals surface area contributed by atoms with Crippen molar-refractivity contribution in [3.05, 3.63) is 55.1 Å². The number of aryl methyl sites for hydroxylation is 1. The molecule has 2 aromatic rings. The maximum atomic E-state index is 12.0. The minimum atomic E-state index is -0.160. The maximum absolute atomic E-state index is 12.0. The molecule has 0 saturated heterocycles. The van der Waals surface area contributed by atoms with E-state index in [1.807, 2.05) is 18.4 Å². The lowest BCUT2D eigenvalue weighted by Gasteiger charge is -2.07. The predicted octanol–water partition coefficient (Wildman–Crippen LogP) is 4.40. The Labute approximate surface area is 123 Å². The van der Waals surface area contributed by atoms with E-state index in [9.17, 15) is 4.79 Å². The van der Waals surface area contributed by atoms with E-state index in [1.54, 1.807) is 23.5 Å². The molecule has 18 heavy (non-hydrogen) atoms. The van der Waals surface area contributed by atoms with Gasteiger partial charge in [-0.1, -0.05) is 27.5 Å². The Morgan fingerprint density at radius 1 is 1.44 bits per heavy atom. The number of hydrogen-bond acceptors (Lipinski definition) is 2. The smallest absolute Gasteiger partial charge is 0.253 e. The van der Waals surface area contributed by atoms with Crippen LogP contribution < -0.4 is 5.32 Å². The van der Waals surface area contributed by atoms with E-state index >= 15 is 0 Å². The number of benzene rings is 1. The molecular formula is C13H11BrClNOS. The Bertz CT molecular complexity index is 582. The van der Waals surface area contributed by atoms with Crippen molar-refractivity contribution in [3.8, 4) is 0 Å². The van der Waals surface area contributed by atoms with Crippen molar-refractivity contribution in [3.63, 3.8) is 0 Å². The molecule has 0 saturated carbocycles. The fraction of sp³-hybridized carbons (Fsp3) is 0.154. The van der Waals surface area contributed by atoms with Gasteiger partial charge in [-0.15, -0.1) is 0 Å². The number of hydrogen-bond donors (Lipinski definition) is 1. The fourth-order valence-electron chi connectivity index (χ4n) is 1.51. The van der Waals surface area contributed by atoms with Gasteiger partial charge in [-0.2, -0.15) is 11.3 Å². The molecule has 0 bridgehead atoms. The van der Waals surface area contributed by atoms with Gasteiger partial charge in [-0.05, 0) is 47.0 Å². The van der Waals surface area contributed by atoms with Gasteiger partial charge in [0.15, 0.2) is 0 Å². The van der Waals surface area contributed by atoms with E-state index in [-0.39, 0.29) is 5.91 Å². The van der Waals surface area contributed by atoms with Crippen molar-refractivity contribution in [2.75, 3.05) is 0 Å². The molecule has 0 atom stereocenters. The molecule has 5 heteroatoms. The van der Waals surface area contributed by atoms with Crippen LogP contribution in [0.5, 0.6) is 0 Å². The van der Waals surface area contributed by atoms with Crippen LogP contribution in [0.15, 0.2) is 33.4 Å². The van der Waals surface area contributed by atoms with E-state index in [2.05, 4.69) is 26.6 Å². The first-order valence-corrected chi connectivity index (χ1v) is 7.44. The summed E-state index contributed by atoms with van der Waals surface area (Å²) in [5.74, 6) is -0.160. The second-order valence-corrected chi connectivity index (χ2v) is 5.95. The molecule has 0 fully saturated rings. The Balaban J connectivity index is 2.08. The van der Waals surface area contributed by atoms with Crippen LogP contribution in [0.4, 0.5) is 0 Å². The summed E-state index contributed by atoms with van der Waals surface area (Å²) in [5, 5.41) is 7.43. The van der Waals surface area contributed by atoms with Gasteiger partial charge in [0.25, 0.3) is 5.91 Å². The van der Waals surface area contributed by atoms with Crippen LogP contribution in [0.2, 0.25) is 5.02 Å². The molecule has 2 nitrogen and oxygen atoms in total. The fourth-order valence-corrected chi connectivity index (χ4v) is 2.93. The lowest BCUT2D eigenvalue weighted by atomic mass is 10.2. The molecule has 0 spiro atoms. The summed E-state index contributed by atoms with van der Waals surface area (Å²) in [6, 6.07) is 5.23. The van der Waals surface area contributed by atoms with E-state index in [4.69, 9.17) is 11.6 Å². The summed E-state index contributed by atoms with van der Waals surface area (Å²) in [6.45, 7) is 2.56. The zero-order chi connectivity index (χ0) is 13.1. The number of thiophene rings is 1. The van der Waals surface area contributed by atoms with Gasteiger partial charge in [-0.3, -0.25) is 4.79 Å². The molecule has 0 aliphatic heterocycles. The minimum Gasteiger partial charge on any atom is -0.348 e. The van der Waals surface area contributed by atoms with Gasteiger partial charge in [-0.25, -0.2) is 0 Å². The Morgan fingerprint density at radius 2 is 2.22 bits per heavy atom. The highest BCUT2D eigenvalue weighted by Crippen LogP contribution is 2.21. The quantitative estimate of drug-likeness (QED) is 0.878.